The van der Waals surface area contributed by atoms with Crippen LogP contribution in [-0.2, 0) is 22.2 Å². The van der Waals surface area contributed by atoms with Crippen molar-refractivity contribution in [2.45, 2.75) is 38.8 Å². The van der Waals surface area contributed by atoms with Crippen LogP contribution in [0, 0.1) is 0 Å². The minimum atomic E-state index is -4.64. The van der Waals surface area contributed by atoms with E-state index in [9.17, 15) is 27.6 Å². The number of hydrogen-bond donors (Lipinski definition) is 1. The van der Waals surface area contributed by atoms with Crippen molar-refractivity contribution in [2.75, 3.05) is 21.7 Å². The number of carbonyl (C=O) groups excluding carboxylic acids is 3. The summed E-state index contributed by atoms with van der Waals surface area (Å²) >= 11 is 0. The number of anilines is 3. The van der Waals surface area contributed by atoms with Crippen LogP contribution in [0.4, 0.5) is 35.2 Å². The molecule has 0 unspecified atom stereocenters. The van der Waals surface area contributed by atoms with E-state index in [4.69, 9.17) is 4.74 Å². The van der Waals surface area contributed by atoms with E-state index in [-0.39, 0.29) is 23.2 Å². The number of carbonyl (C=O) groups is 3. The van der Waals surface area contributed by atoms with Gasteiger partial charge in [0.2, 0.25) is 5.91 Å². The van der Waals surface area contributed by atoms with E-state index in [0.717, 1.165) is 27.6 Å². The van der Waals surface area contributed by atoms with Gasteiger partial charge in [0.05, 0.1) is 23.1 Å². The molecular weight excluding hydrogens is 503 g/mol. The van der Waals surface area contributed by atoms with Crippen LogP contribution < -0.4 is 19.9 Å². The smallest absolute Gasteiger partial charge is 0.417 e. The topological polar surface area (TPSA) is 105 Å². The van der Waals surface area contributed by atoms with Crippen LogP contribution in [0.3, 0.4) is 0 Å². The Morgan fingerprint density at radius 2 is 1.79 bits per heavy atom. The highest BCUT2D eigenvalue weighted by molar-refractivity contribution is 6.27. The molecule has 2 aliphatic rings. The number of imide groups is 1. The first-order valence-corrected chi connectivity index (χ1v) is 11.8. The minimum absolute atomic E-state index is 0.0705. The van der Waals surface area contributed by atoms with Crippen LogP contribution in [0.2, 0.25) is 0 Å². The Morgan fingerprint density at radius 3 is 2.53 bits per heavy atom. The second kappa shape index (κ2) is 9.43. The van der Waals surface area contributed by atoms with Crippen LogP contribution in [0.15, 0.2) is 48.9 Å². The number of alkyl halides is 3. The molecule has 1 aromatic carbocycles. The molecular formula is C26H22F3N5O4. The van der Waals surface area contributed by atoms with Gasteiger partial charge in [0.25, 0.3) is 5.91 Å². The summed E-state index contributed by atoms with van der Waals surface area (Å²) in [6, 6.07) is 6.53. The van der Waals surface area contributed by atoms with Crippen molar-refractivity contribution in [3.8, 4) is 11.5 Å². The van der Waals surface area contributed by atoms with E-state index in [2.05, 4.69) is 15.3 Å². The molecule has 0 aliphatic carbocycles. The molecule has 2 aromatic heterocycles. The monoisotopic (exact) mass is 525 g/mol. The Morgan fingerprint density at radius 1 is 1.00 bits per heavy atom. The van der Waals surface area contributed by atoms with E-state index in [1.165, 1.54) is 6.20 Å². The van der Waals surface area contributed by atoms with Crippen molar-refractivity contribution < 1.29 is 32.3 Å². The highest BCUT2D eigenvalue weighted by Crippen LogP contribution is 2.39. The normalized spacial score (nSPS) is 15.7. The third-order valence-electron chi connectivity index (χ3n) is 6.29. The van der Waals surface area contributed by atoms with Crippen LogP contribution in [0.1, 0.15) is 42.9 Å². The molecule has 3 aromatic rings. The molecule has 1 fully saturated rings. The highest BCUT2D eigenvalue weighted by atomic mass is 19.4. The minimum Gasteiger partial charge on any atom is -0.457 e. The van der Waals surface area contributed by atoms with E-state index < -0.39 is 30.2 Å². The summed E-state index contributed by atoms with van der Waals surface area (Å²) in [5, 5.41) is 2.73. The number of hydrogen-bond acceptors (Lipinski definition) is 6. The SMILES string of the molecule is CC(C)c1cc(N2C(=O)CN(c3cncc(C(F)(F)F)c3)C2=O)ccc1Oc1ccnc2c1CCC(=O)N2. The number of urea groups is 1. The molecule has 4 amide bonds. The number of rotatable bonds is 5. The molecule has 0 bridgehead atoms. The average molecular weight is 525 g/mol. The van der Waals surface area contributed by atoms with Gasteiger partial charge in [0.15, 0.2) is 0 Å². The zero-order valence-electron chi connectivity index (χ0n) is 20.4. The number of nitrogens with zero attached hydrogens (tertiary/aromatic N) is 4. The van der Waals surface area contributed by atoms with E-state index in [0.29, 0.717) is 41.9 Å². The molecule has 0 radical (unpaired) electrons. The fraction of sp³-hybridized carbons (Fsp3) is 0.269. The maximum atomic E-state index is 13.2. The Labute approximate surface area is 215 Å². The van der Waals surface area contributed by atoms with Gasteiger partial charge < -0.3 is 10.1 Å². The van der Waals surface area contributed by atoms with Gasteiger partial charge in [-0.3, -0.25) is 19.5 Å². The standard InChI is InChI=1S/C26H22F3N5O4/c1-14(2)19-10-16(3-5-20(19)38-21-7-8-31-24-18(21)4-6-22(35)32-24)34-23(36)13-33(25(34)37)17-9-15(11-30-12-17)26(27,28)29/h3,5,7-12,14H,4,6,13H2,1-2H3,(H,31,32,35). The van der Waals surface area contributed by atoms with Crippen molar-refractivity contribution in [2.24, 2.45) is 0 Å². The van der Waals surface area contributed by atoms with Crippen molar-refractivity contribution in [1.82, 2.24) is 9.97 Å². The lowest BCUT2D eigenvalue weighted by atomic mass is 10.0. The lowest BCUT2D eigenvalue weighted by molar-refractivity contribution is -0.137. The van der Waals surface area contributed by atoms with Gasteiger partial charge in [0, 0.05) is 24.4 Å². The first-order valence-electron chi connectivity index (χ1n) is 11.8. The number of halogens is 3. The van der Waals surface area contributed by atoms with Crippen LogP contribution in [0.25, 0.3) is 0 Å². The molecule has 0 saturated carbocycles. The number of ether oxygens (including phenoxy) is 1. The summed E-state index contributed by atoms with van der Waals surface area (Å²) < 4.78 is 45.6. The molecule has 5 rings (SSSR count). The van der Waals surface area contributed by atoms with Gasteiger partial charge >= 0.3 is 12.2 Å². The Bertz CT molecular complexity index is 1460. The van der Waals surface area contributed by atoms with Gasteiger partial charge in [-0.1, -0.05) is 13.8 Å². The predicted molar refractivity (Wildman–Crippen MR) is 131 cm³/mol. The Kier molecular flexibility index (Phi) is 6.25. The zero-order chi connectivity index (χ0) is 27.2. The summed E-state index contributed by atoms with van der Waals surface area (Å²) in [6.07, 6.45) is -0.568. The number of aromatic nitrogens is 2. The maximum Gasteiger partial charge on any atom is 0.417 e. The summed E-state index contributed by atoms with van der Waals surface area (Å²) in [6.45, 7) is 3.41. The second-order valence-corrected chi connectivity index (χ2v) is 9.19. The fourth-order valence-corrected chi connectivity index (χ4v) is 4.38. The molecule has 4 heterocycles. The first kappa shape index (κ1) is 25.2. The van der Waals surface area contributed by atoms with Crippen LogP contribution in [0.5, 0.6) is 11.5 Å². The predicted octanol–water partition coefficient (Wildman–Crippen LogP) is 5.27. The van der Waals surface area contributed by atoms with Gasteiger partial charge in [-0.25, -0.2) is 14.7 Å². The average Bonchev–Trinajstić information content (AvgIpc) is 3.17. The lowest BCUT2D eigenvalue weighted by Crippen LogP contribution is -2.33. The number of nitrogens with one attached hydrogen (secondary N) is 1. The molecule has 0 atom stereocenters. The summed E-state index contributed by atoms with van der Waals surface area (Å²) in [5.41, 5.74) is 0.589. The van der Waals surface area contributed by atoms with E-state index in [1.54, 1.807) is 24.3 Å². The molecule has 9 nitrogen and oxygen atoms in total. The Balaban J connectivity index is 1.44. The zero-order valence-corrected chi connectivity index (χ0v) is 20.4. The second-order valence-electron chi connectivity index (χ2n) is 9.19. The summed E-state index contributed by atoms with van der Waals surface area (Å²) in [4.78, 5) is 47.4. The highest BCUT2D eigenvalue weighted by Gasteiger charge is 2.40. The van der Waals surface area contributed by atoms with E-state index >= 15 is 0 Å². The van der Waals surface area contributed by atoms with Crippen molar-refractivity contribution >= 4 is 35.0 Å². The summed E-state index contributed by atoms with van der Waals surface area (Å²) in [5.74, 6) is 0.685. The van der Waals surface area contributed by atoms with Gasteiger partial charge in [0.1, 0.15) is 23.9 Å². The van der Waals surface area contributed by atoms with Crippen molar-refractivity contribution in [3.63, 3.8) is 0 Å². The largest absolute Gasteiger partial charge is 0.457 e. The maximum absolute atomic E-state index is 13.2. The van der Waals surface area contributed by atoms with Gasteiger partial charge in [-0.05, 0) is 48.2 Å². The van der Waals surface area contributed by atoms with Crippen LogP contribution in [-0.4, -0.2) is 34.4 Å². The third-order valence-corrected chi connectivity index (χ3v) is 6.29. The third kappa shape index (κ3) is 4.64. The fourth-order valence-electron chi connectivity index (χ4n) is 4.38. The van der Waals surface area contributed by atoms with Crippen molar-refractivity contribution in [1.29, 1.82) is 0 Å². The molecule has 38 heavy (non-hydrogen) atoms. The number of amides is 4. The molecule has 1 saturated heterocycles. The number of pyridine rings is 2. The lowest BCUT2D eigenvalue weighted by Gasteiger charge is -2.22. The quantitative estimate of drug-likeness (QED) is 0.455. The van der Waals surface area contributed by atoms with E-state index in [1.807, 2.05) is 13.8 Å². The van der Waals surface area contributed by atoms with Gasteiger partial charge in [-0.2, -0.15) is 13.2 Å². The molecule has 196 valence electrons. The van der Waals surface area contributed by atoms with Crippen molar-refractivity contribution in [3.05, 3.63) is 65.6 Å². The molecule has 12 heteroatoms. The number of fused-ring (bicyclic) bond motifs is 1. The number of benzene rings is 1. The van der Waals surface area contributed by atoms with Gasteiger partial charge in [-0.15, -0.1) is 0 Å². The van der Waals surface area contributed by atoms with Crippen LogP contribution >= 0.6 is 0 Å². The first-order chi connectivity index (χ1) is 18.0. The molecule has 1 N–H and O–H groups in total. The molecule has 2 aliphatic heterocycles. The summed E-state index contributed by atoms with van der Waals surface area (Å²) in [7, 11) is 0. The Hall–Kier alpha value is -4.48. The molecule has 0 spiro atoms.